The summed E-state index contributed by atoms with van der Waals surface area (Å²) in [5.74, 6) is 1.95. The summed E-state index contributed by atoms with van der Waals surface area (Å²) < 4.78 is 2.53. The number of carbonyl (C=O) groups is 1. The highest BCUT2D eigenvalue weighted by Gasteiger charge is 2.49. The summed E-state index contributed by atoms with van der Waals surface area (Å²) in [6.45, 7) is 5.05. The van der Waals surface area contributed by atoms with Crippen LogP contribution in [0.5, 0.6) is 0 Å². The third-order valence-electron chi connectivity index (χ3n) is 11.3. The van der Waals surface area contributed by atoms with Gasteiger partial charge in [-0.05, 0) is 87.9 Å². The SMILES string of the molecule is Cc1nc2ccccc2n1C1CC2CCC(C1)N2CCC1(c2ccccc2)CCN(C(=O)C2CC2c2cnc[nH]2)CC1. The van der Waals surface area contributed by atoms with E-state index in [2.05, 4.69) is 85.9 Å². The van der Waals surface area contributed by atoms with Crippen molar-refractivity contribution in [3.8, 4) is 0 Å². The number of nitrogens with one attached hydrogen (secondary N) is 1. The van der Waals surface area contributed by atoms with E-state index in [0.29, 0.717) is 30.0 Å². The number of rotatable bonds is 7. The predicted octanol–water partition coefficient (Wildman–Crippen LogP) is 5.99. The number of imidazole rings is 2. The summed E-state index contributed by atoms with van der Waals surface area (Å²) in [5, 5.41) is 0. The lowest BCUT2D eigenvalue weighted by Crippen LogP contribution is -2.49. The maximum Gasteiger partial charge on any atom is 0.226 e. The molecule has 4 atom stereocenters. The van der Waals surface area contributed by atoms with Crippen LogP contribution in [0, 0.1) is 12.8 Å². The van der Waals surface area contributed by atoms with E-state index in [9.17, 15) is 4.79 Å². The number of benzene rings is 2. The van der Waals surface area contributed by atoms with Crippen molar-refractivity contribution in [1.82, 2.24) is 29.3 Å². The van der Waals surface area contributed by atoms with E-state index < -0.39 is 0 Å². The number of aromatic amines is 1. The molecule has 4 aromatic rings. The third-order valence-corrected chi connectivity index (χ3v) is 11.3. The lowest BCUT2D eigenvalue weighted by atomic mass is 9.70. The number of aryl methyl sites for hydroxylation is 1. The number of amides is 1. The van der Waals surface area contributed by atoms with Gasteiger partial charge in [0.1, 0.15) is 5.82 Å². The maximum atomic E-state index is 13.4. The summed E-state index contributed by atoms with van der Waals surface area (Å²) in [4.78, 5) is 30.7. The molecular weight excluding hydrogens is 520 g/mol. The minimum atomic E-state index is 0.128. The number of carbonyl (C=O) groups excluding carboxylic acids is 1. The fraction of sp³-hybridized carbons (Fsp3) is 0.514. The maximum absolute atomic E-state index is 13.4. The molecule has 4 fully saturated rings. The van der Waals surface area contributed by atoms with E-state index in [0.717, 1.165) is 55.9 Å². The number of aromatic nitrogens is 4. The topological polar surface area (TPSA) is 70.1 Å². The van der Waals surface area contributed by atoms with Crippen LogP contribution in [0.15, 0.2) is 67.1 Å². The van der Waals surface area contributed by atoms with Gasteiger partial charge < -0.3 is 14.5 Å². The molecular formula is C35H42N6O. The van der Waals surface area contributed by atoms with Crippen LogP contribution in [-0.2, 0) is 10.2 Å². The second-order valence-corrected chi connectivity index (χ2v) is 13.4. The molecule has 42 heavy (non-hydrogen) atoms. The quantitative estimate of drug-likeness (QED) is 0.300. The van der Waals surface area contributed by atoms with Gasteiger partial charge in [0.25, 0.3) is 0 Å². The Balaban J connectivity index is 0.954. The number of hydrogen-bond acceptors (Lipinski definition) is 4. The lowest BCUT2D eigenvalue weighted by Gasteiger charge is -2.46. The van der Waals surface area contributed by atoms with E-state index in [-0.39, 0.29) is 11.3 Å². The van der Waals surface area contributed by atoms with E-state index in [4.69, 9.17) is 4.98 Å². The fourth-order valence-corrected chi connectivity index (χ4v) is 8.94. The first-order chi connectivity index (χ1) is 20.6. The smallest absolute Gasteiger partial charge is 0.226 e. The zero-order valence-electron chi connectivity index (χ0n) is 24.7. The standard InChI is InChI=1S/C35H42N6O/c1-24-38-31-9-5-6-10-33(31)41(24)28-19-26-11-12-27(20-28)40(26)18-15-35(25-7-3-2-4-8-25)13-16-39(17-14-35)34(42)30-21-29(30)32-22-36-23-37-32/h2-10,22-23,26-30H,11-21H2,1H3,(H,36,37). The molecule has 2 bridgehead atoms. The van der Waals surface area contributed by atoms with Crippen LogP contribution >= 0.6 is 0 Å². The summed E-state index contributed by atoms with van der Waals surface area (Å²) >= 11 is 0. The van der Waals surface area contributed by atoms with Gasteiger partial charge in [-0.1, -0.05) is 42.5 Å². The Labute approximate surface area is 248 Å². The predicted molar refractivity (Wildman–Crippen MR) is 164 cm³/mol. The van der Waals surface area contributed by atoms with Gasteiger partial charge in [0.15, 0.2) is 0 Å². The number of fused-ring (bicyclic) bond motifs is 3. The minimum absolute atomic E-state index is 0.128. The Kier molecular flexibility index (Phi) is 6.47. The van der Waals surface area contributed by atoms with Crippen molar-refractivity contribution in [2.75, 3.05) is 19.6 Å². The van der Waals surface area contributed by atoms with Gasteiger partial charge in [-0.2, -0.15) is 0 Å². The van der Waals surface area contributed by atoms with Crippen LogP contribution in [0.3, 0.4) is 0 Å². The molecule has 1 N–H and O–H groups in total. The van der Waals surface area contributed by atoms with Crippen molar-refractivity contribution in [3.63, 3.8) is 0 Å². The van der Waals surface area contributed by atoms with Crippen LogP contribution in [-0.4, -0.2) is 66.9 Å². The number of nitrogens with zero attached hydrogens (tertiary/aromatic N) is 5. The highest BCUT2D eigenvalue weighted by Crippen LogP contribution is 2.49. The Morgan fingerprint density at radius 3 is 2.43 bits per heavy atom. The molecule has 2 aromatic heterocycles. The second kappa shape index (κ2) is 10.4. The number of para-hydroxylation sites is 2. The van der Waals surface area contributed by atoms with E-state index in [1.54, 1.807) is 6.33 Å². The molecule has 1 saturated carbocycles. The average Bonchev–Trinajstić information content (AvgIpc) is 3.35. The Morgan fingerprint density at radius 1 is 0.952 bits per heavy atom. The molecule has 2 aromatic carbocycles. The van der Waals surface area contributed by atoms with Crippen molar-refractivity contribution < 1.29 is 4.79 Å². The molecule has 3 saturated heterocycles. The van der Waals surface area contributed by atoms with E-state index in [1.807, 2.05) is 6.20 Å². The monoisotopic (exact) mass is 562 g/mol. The zero-order valence-corrected chi connectivity index (χ0v) is 24.7. The van der Waals surface area contributed by atoms with Crippen molar-refractivity contribution >= 4 is 16.9 Å². The highest BCUT2D eigenvalue weighted by molar-refractivity contribution is 5.83. The van der Waals surface area contributed by atoms with Gasteiger partial charge in [-0.25, -0.2) is 9.97 Å². The van der Waals surface area contributed by atoms with Crippen LogP contribution in [0.4, 0.5) is 0 Å². The molecule has 1 aliphatic carbocycles. The Bertz CT molecular complexity index is 1540. The molecule has 4 unspecified atom stereocenters. The Morgan fingerprint density at radius 2 is 1.69 bits per heavy atom. The average molecular weight is 563 g/mol. The molecule has 7 nitrogen and oxygen atoms in total. The zero-order chi connectivity index (χ0) is 28.3. The van der Waals surface area contributed by atoms with E-state index in [1.165, 1.54) is 43.2 Å². The summed E-state index contributed by atoms with van der Waals surface area (Å²) in [6, 6.07) is 21.7. The number of piperidine rings is 2. The van der Waals surface area contributed by atoms with Crippen LogP contribution in [0.25, 0.3) is 11.0 Å². The van der Waals surface area contributed by atoms with Crippen molar-refractivity contribution in [1.29, 1.82) is 0 Å². The summed E-state index contributed by atoms with van der Waals surface area (Å²) in [7, 11) is 0. The lowest BCUT2D eigenvalue weighted by molar-refractivity contribution is -0.134. The molecule has 4 aliphatic rings. The van der Waals surface area contributed by atoms with E-state index >= 15 is 0 Å². The van der Waals surface area contributed by atoms with Crippen LogP contribution in [0.2, 0.25) is 0 Å². The molecule has 3 aliphatic heterocycles. The van der Waals surface area contributed by atoms with Gasteiger partial charge in [-0.15, -0.1) is 0 Å². The minimum Gasteiger partial charge on any atom is -0.348 e. The third kappa shape index (κ3) is 4.48. The molecule has 218 valence electrons. The molecule has 5 heterocycles. The molecule has 8 rings (SSSR count). The van der Waals surface area contributed by atoms with Crippen molar-refractivity contribution in [3.05, 3.63) is 84.2 Å². The number of H-pyrrole nitrogens is 1. The van der Waals surface area contributed by atoms with Gasteiger partial charge in [0.05, 0.1) is 17.4 Å². The molecule has 0 radical (unpaired) electrons. The largest absolute Gasteiger partial charge is 0.348 e. The molecule has 0 spiro atoms. The van der Waals surface area contributed by atoms with Gasteiger partial charge >= 0.3 is 0 Å². The van der Waals surface area contributed by atoms with Crippen molar-refractivity contribution in [2.24, 2.45) is 5.92 Å². The first-order valence-electron chi connectivity index (χ1n) is 16.1. The van der Waals surface area contributed by atoms with Gasteiger partial charge in [0, 0.05) is 54.9 Å². The van der Waals surface area contributed by atoms with Crippen LogP contribution < -0.4 is 0 Å². The first-order valence-corrected chi connectivity index (χ1v) is 16.1. The van der Waals surface area contributed by atoms with Crippen molar-refractivity contribution in [2.45, 2.75) is 87.7 Å². The second-order valence-electron chi connectivity index (χ2n) is 13.4. The summed E-state index contributed by atoms with van der Waals surface area (Å²) in [6.07, 6.45) is 12.9. The van der Waals surface area contributed by atoms with Crippen LogP contribution in [0.1, 0.15) is 80.4 Å². The summed E-state index contributed by atoms with van der Waals surface area (Å²) in [5.41, 5.74) is 5.12. The number of hydrogen-bond donors (Lipinski definition) is 1. The first kappa shape index (κ1) is 26.2. The fourth-order valence-electron chi connectivity index (χ4n) is 8.94. The highest BCUT2D eigenvalue weighted by atomic mass is 16.2. The van der Waals surface area contributed by atoms with Gasteiger partial charge in [-0.3, -0.25) is 9.69 Å². The number of likely N-dealkylation sites (tertiary alicyclic amines) is 1. The molecule has 7 heteroatoms. The van der Waals surface area contributed by atoms with Gasteiger partial charge in [0.2, 0.25) is 5.91 Å². The molecule has 1 amide bonds. The Hall–Kier alpha value is -3.45. The normalized spacial score (nSPS) is 28.8.